The van der Waals surface area contributed by atoms with Gasteiger partial charge < -0.3 is 4.90 Å². The molecule has 1 saturated heterocycles. The molecule has 7 heteroatoms. The van der Waals surface area contributed by atoms with Crippen LogP contribution in [0.5, 0.6) is 0 Å². The lowest BCUT2D eigenvalue weighted by molar-refractivity contribution is 0.0759. The van der Waals surface area contributed by atoms with Crippen molar-refractivity contribution < 1.29 is 17.6 Å². The Morgan fingerprint density at radius 1 is 1.19 bits per heavy atom. The van der Waals surface area contributed by atoms with E-state index >= 15 is 0 Å². The van der Waals surface area contributed by atoms with Gasteiger partial charge in [-0.05, 0) is 25.5 Å². The normalized spacial score (nSPS) is 17.5. The first kappa shape index (κ1) is 15.9. The highest BCUT2D eigenvalue weighted by Gasteiger charge is 2.26. The van der Waals surface area contributed by atoms with Gasteiger partial charge in [-0.2, -0.15) is 0 Å². The van der Waals surface area contributed by atoms with Gasteiger partial charge in [-0.25, -0.2) is 17.1 Å². The minimum Gasteiger partial charge on any atom is -0.337 e. The Morgan fingerprint density at radius 3 is 2.57 bits per heavy atom. The average Bonchev–Trinajstić information content (AvgIpc) is 2.73. The maximum absolute atomic E-state index is 13.7. The van der Waals surface area contributed by atoms with Crippen LogP contribution in [0.3, 0.4) is 0 Å². The number of hydrogen-bond acceptors (Lipinski definition) is 3. The van der Waals surface area contributed by atoms with Crippen LogP contribution < -0.4 is 0 Å². The number of benzene rings is 1. The van der Waals surface area contributed by atoms with Gasteiger partial charge in [0.1, 0.15) is 5.82 Å². The minimum atomic E-state index is -3.25. The number of carbonyl (C=O) groups excluding carboxylic acids is 1. The number of carbonyl (C=O) groups is 1. The fourth-order valence-corrected chi connectivity index (χ4v) is 3.49. The van der Waals surface area contributed by atoms with E-state index in [1.165, 1.54) is 27.4 Å². The van der Waals surface area contributed by atoms with E-state index < -0.39 is 15.8 Å². The lowest BCUT2D eigenvalue weighted by Gasteiger charge is -2.21. The van der Waals surface area contributed by atoms with Gasteiger partial charge >= 0.3 is 0 Å². The van der Waals surface area contributed by atoms with Crippen molar-refractivity contribution in [1.29, 1.82) is 0 Å². The molecule has 0 spiro atoms. The van der Waals surface area contributed by atoms with Crippen LogP contribution in [0.2, 0.25) is 0 Å². The number of rotatable bonds is 3. The Labute approximate surface area is 124 Å². The Bertz CT molecular complexity index is 618. The topological polar surface area (TPSA) is 57.7 Å². The molecular weight excluding hydrogens is 295 g/mol. The van der Waals surface area contributed by atoms with E-state index in [1.54, 1.807) is 13.0 Å². The molecule has 116 valence electrons. The summed E-state index contributed by atoms with van der Waals surface area (Å²) in [6.07, 6.45) is 0.555. The van der Waals surface area contributed by atoms with Gasteiger partial charge in [0.05, 0.1) is 11.3 Å². The second kappa shape index (κ2) is 6.53. The summed E-state index contributed by atoms with van der Waals surface area (Å²) in [4.78, 5) is 13.8. The van der Waals surface area contributed by atoms with Crippen molar-refractivity contribution in [3.63, 3.8) is 0 Å². The van der Waals surface area contributed by atoms with Crippen LogP contribution >= 0.6 is 0 Å². The van der Waals surface area contributed by atoms with Gasteiger partial charge in [0.2, 0.25) is 10.0 Å². The highest BCUT2D eigenvalue weighted by atomic mass is 32.2. The smallest absolute Gasteiger partial charge is 0.256 e. The third-order valence-corrected chi connectivity index (χ3v) is 5.49. The van der Waals surface area contributed by atoms with E-state index in [9.17, 15) is 17.6 Å². The number of nitrogens with zero attached hydrogens (tertiary/aromatic N) is 2. The first-order valence-electron chi connectivity index (χ1n) is 6.97. The van der Waals surface area contributed by atoms with Crippen molar-refractivity contribution >= 4 is 15.9 Å². The molecule has 1 aliphatic heterocycles. The maximum atomic E-state index is 13.7. The van der Waals surface area contributed by atoms with E-state index in [0.717, 1.165) is 0 Å². The van der Waals surface area contributed by atoms with Crippen LogP contribution in [0.4, 0.5) is 4.39 Å². The SMILES string of the molecule is CCS(=O)(=O)N1CCCN(C(=O)c2ccccc2F)CC1. The van der Waals surface area contributed by atoms with E-state index in [0.29, 0.717) is 19.5 Å². The molecule has 1 amide bonds. The van der Waals surface area contributed by atoms with Gasteiger partial charge in [-0.1, -0.05) is 12.1 Å². The molecule has 0 unspecified atom stereocenters. The van der Waals surface area contributed by atoms with Crippen molar-refractivity contribution in [2.24, 2.45) is 0 Å². The van der Waals surface area contributed by atoms with Crippen LogP contribution in [0.1, 0.15) is 23.7 Å². The molecule has 1 aromatic rings. The molecule has 21 heavy (non-hydrogen) atoms. The number of hydrogen-bond donors (Lipinski definition) is 0. The Hall–Kier alpha value is -1.47. The zero-order valence-electron chi connectivity index (χ0n) is 12.0. The Kier molecular flexibility index (Phi) is 4.95. The zero-order valence-corrected chi connectivity index (χ0v) is 12.8. The summed E-state index contributed by atoms with van der Waals surface area (Å²) >= 11 is 0. The van der Waals surface area contributed by atoms with Crippen LogP contribution in [0, 0.1) is 5.82 Å². The Morgan fingerprint density at radius 2 is 1.90 bits per heavy atom. The largest absolute Gasteiger partial charge is 0.337 e. The van der Waals surface area contributed by atoms with Gasteiger partial charge in [0.15, 0.2) is 0 Å². The molecule has 1 fully saturated rings. The highest BCUT2D eigenvalue weighted by molar-refractivity contribution is 7.89. The standard InChI is InChI=1S/C14H19FN2O3S/c1-2-21(19,20)17-9-5-8-16(10-11-17)14(18)12-6-3-4-7-13(12)15/h3-4,6-7H,2,5,8-11H2,1H3. The average molecular weight is 314 g/mol. The quantitative estimate of drug-likeness (QED) is 0.845. The van der Waals surface area contributed by atoms with Gasteiger partial charge in [0, 0.05) is 26.2 Å². The molecule has 0 aliphatic carbocycles. The van der Waals surface area contributed by atoms with Crippen LogP contribution in [-0.2, 0) is 10.0 Å². The second-order valence-electron chi connectivity index (χ2n) is 4.93. The lowest BCUT2D eigenvalue weighted by atomic mass is 10.2. The summed E-state index contributed by atoms with van der Waals surface area (Å²) in [5, 5.41) is 0. The van der Waals surface area contributed by atoms with Crippen molar-refractivity contribution in [1.82, 2.24) is 9.21 Å². The predicted octanol–water partition coefficient (Wildman–Crippen LogP) is 1.32. The molecule has 0 saturated carbocycles. The first-order chi connectivity index (χ1) is 9.95. The molecule has 1 aromatic carbocycles. The molecule has 0 bridgehead atoms. The van der Waals surface area contributed by atoms with E-state index in [2.05, 4.69) is 0 Å². The van der Waals surface area contributed by atoms with Crippen molar-refractivity contribution in [2.75, 3.05) is 31.9 Å². The van der Waals surface area contributed by atoms with E-state index in [4.69, 9.17) is 0 Å². The van der Waals surface area contributed by atoms with Gasteiger partial charge in [0.25, 0.3) is 5.91 Å². The summed E-state index contributed by atoms with van der Waals surface area (Å²) in [6.45, 7) is 2.98. The maximum Gasteiger partial charge on any atom is 0.256 e. The van der Waals surface area contributed by atoms with Crippen molar-refractivity contribution in [2.45, 2.75) is 13.3 Å². The van der Waals surface area contributed by atoms with E-state index in [-0.39, 0.29) is 30.3 Å². The second-order valence-corrected chi connectivity index (χ2v) is 7.18. The third-order valence-electron chi connectivity index (χ3n) is 3.60. The minimum absolute atomic E-state index is 0.0318. The van der Waals surface area contributed by atoms with E-state index in [1.807, 2.05) is 0 Å². The highest BCUT2D eigenvalue weighted by Crippen LogP contribution is 2.14. The van der Waals surface area contributed by atoms with Crippen molar-refractivity contribution in [3.05, 3.63) is 35.6 Å². The summed E-state index contributed by atoms with van der Waals surface area (Å²) in [5.41, 5.74) is 0.0318. The summed E-state index contributed by atoms with van der Waals surface area (Å²) in [7, 11) is -3.25. The molecule has 1 aliphatic rings. The fraction of sp³-hybridized carbons (Fsp3) is 0.500. The number of sulfonamides is 1. The zero-order chi connectivity index (χ0) is 15.5. The summed E-state index contributed by atoms with van der Waals surface area (Å²) in [6, 6.07) is 5.84. The monoisotopic (exact) mass is 314 g/mol. The van der Waals surface area contributed by atoms with Crippen molar-refractivity contribution in [3.8, 4) is 0 Å². The fourth-order valence-electron chi connectivity index (χ4n) is 2.36. The molecule has 0 atom stereocenters. The third kappa shape index (κ3) is 3.59. The number of amides is 1. The molecule has 5 nitrogen and oxygen atoms in total. The Balaban J connectivity index is 2.10. The number of halogens is 1. The summed E-state index contributed by atoms with van der Waals surface area (Å²) in [5.74, 6) is -0.887. The molecular formula is C14H19FN2O3S. The molecule has 2 rings (SSSR count). The van der Waals surface area contributed by atoms with Gasteiger partial charge in [-0.3, -0.25) is 4.79 Å². The summed E-state index contributed by atoms with van der Waals surface area (Å²) < 4.78 is 38.8. The molecule has 0 radical (unpaired) electrons. The molecule has 1 heterocycles. The molecule has 0 N–H and O–H groups in total. The molecule has 0 aromatic heterocycles. The van der Waals surface area contributed by atoms with Gasteiger partial charge in [-0.15, -0.1) is 0 Å². The van der Waals surface area contributed by atoms with Crippen LogP contribution in [-0.4, -0.2) is 55.5 Å². The van der Waals surface area contributed by atoms with Crippen LogP contribution in [0.15, 0.2) is 24.3 Å². The predicted molar refractivity (Wildman–Crippen MR) is 78.0 cm³/mol. The lowest BCUT2D eigenvalue weighted by Crippen LogP contribution is -2.38. The first-order valence-corrected chi connectivity index (χ1v) is 8.58. The van der Waals surface area contributed by atoms with Crippen LogP contribution in [0.25, 0.3) is 0 Å².